The van der Waals surface area contributed by atoms with Crippen molar-refractivity contribution in [1.82, 2.24) is 0 Å². The van der Waals surface area contributed by atoms with E-state index in [0.717, 1.165) is 11.8 Å². The highest BCUT2D eigenvalue weighted by molar-refractivity contribution is 9.09. The van der Waals surface area contributed by atoms with Gasteiger partial charge >= 0.3 is 0 Å². The molecule has 1 atom stereocenters. The third kappa shape index (κ3) is 2.19. The van der Waals surface area contributed by atoms with E-state index in [4.69, 9.17) is 0 Å². The first-order chi connectivity index (χ1) is 8.58. The van der Waals surface area contributed by atoms with E-state index < -0.39 is 17.5 Å². The number of rotatable bonds is 4. The maximum absolute atomic E-state index is 13.2. The van der Waals surface area contributed by atoms with Gasteiger partial charge in [-0.15, -0.1) is 0 Å². The maximum atomic E-state index is 13.2. The van der Waals surface area contributed by atoms with Gasteiger partial charge in [0.05, 0.1) is 11.3 Å². The van der Waals surface area contributed by atoms with Crippen molar-refractivity contribution in [1.29, 1.82) is 0 Å². The molecule has 0 bridgehead atoms. The van der Waals surface area contributed by atoms with Crippen LogP contribution in [0, 0.1) is 11.7 Å². The van der Waals surface area contributed by atoms with E-state index in [1.807, 2.05) is 6.92 Å². The lowest BCUT2D eigenvalue weighted by Gasteiger charge is -2.21. The summed E-state index contributed by atoms with van der Waals surface area (Å²) >= 11 is 3.38. The van der Waals surface area contributed by atoms with E-state index in [-0.39, 0.29) is 5.92 Å². The molecule has 0 aliphatic carbocycles. The molecule has 1 unspecified atom stereocenters. The number of carbonyl (C=O) groups excluding carboxylic acids is 2. The Morgan fingerprint density at radius 1 is 1.39 bits per heavy atom. The molecule has 18 heavy (non-hydrogen) atoms. The SMILES string of the molecule is CCC(CBr)CN1C(=O)C(=O)c2ccc(F)cc21. The fourth-order valence-corrected chi connectivity index (χ4v) is 2.66. The summed E-state index contributed by atoms with van der Waals surface area (Å²) in [6.45, 7) is 2.45. The second-order valence-corrected chi connectivity index (χ2v) is 4.98. The van der Waals surface area contributed by atoms with Crippen LogP contribution in [0.2, 0.25) is 0 Å². The van der Waals surface area contributed by atoms with E-state index in [1.165, 1.54) is 23.1 Å². The summed E-state index contributed by atoms with van der Waals surface area (Å²) < 4.78 is 13.2. The second-order valence-electron chi connectivity index (χ2n) is 4.33. The van der Waals surface area contributed by atoms with Gasteiger partial charge in [-0.25, -0.2) is 4.39 Å². The highest BCUT2D eigenvalue weighted by Crippen LogP contribution is 2.30. The van der Waals surface area contributed by atoms with Crippen LogP contribution in [0.15, 0.2) is 18.2 Å². The van der Waals surface area contributed by atoms with Crippen LogP contribution in [-0.4, -0.2) is 23.6 Å². The number of nitrogens with zero attached hydrogens (tertiary/aromatic N) is 1. The molecule has 0 fully saturated rings. The molecule has 1 heterocycles. The fraction of sp³-hybridized carbons (Fsp3) is 0.385. The highest BCUT2D eigenvalue weighted by atomic mass is 79.9. The van der Waals surface area contributed by atoms with Crippen molar-refractivity contribution < 1.29 is 14.0 Å². The predicted octanol–water partition coefficient (Wildman–Crippen LogP) is 2.78. The van der Waals surface area contributed by atoms with Gasteiger partial charge in [0.25, 0.3) is 11.7 Å². The van der Waals surface area contributed by atoms with Crippen LogP contribution >= 0.6 is 15.9 Å². The first-order valence-corrected chi connectivity index (χ1v) is 6.92. The smallest absolute Gasteiger partial charge is 0.299 e. The number of amides is 1. The zero-order valence-electron chi connectivity index (χ0n) is 9.95. The Kier molecular flexibility index (Phi) is 3.80. The van der Waals surface area contributed by atoms with E-state index in [1.54, 1.807) is 0 Å². The maximum Gasteiger partial charge on any atom is 0.299 e. The number of carbonyl (C=O) groups is 2. The third-order valence-electron chi connectivity index (χ3n) is 3.17. The van der Waals surface area contributed by atoms with Crippen molar-refractivity contribution in [2.45, 2.75) is 13.3 Å². The summed E-state index contributed by atoms with van der Waals surface area (Å²) in [6.07, 6.45) is 0.883. The Hall–Kier alpha value is -1.23. The van der Waals surface area contributed by atoms with Crippen molar-refractivity contribution in [3.63, 3.8) is 0 Å². The summed E-state index contributed by atoms with van der Waals surface area (Å²) in [5.74, 6) is -1.30. The Morgan fingerprint density at radius 3 is 2.72 bits per heavy atom. The van der Waals surface area contributed by atoms with E-state index >= 15 is 0 Å². The number of anilines is 1. The first-order valence-electron chi connectivity index (χ1n) is 5.80. The molecule has 0 N–H and O–H groups in total. The van der Waals surface area contributed by atoms with Crippen LogP contribution in [-0.2, 0) is 4.79 Å². The number of fused-ring (bicyclic) bond motifs is 1. The molecule has 5 heteroatoms. The summed E-state index contributed by atoms with van der Waals surface area (Å²) in [5.41, 5.74) is 0.690. The molecular weight excluding hydrogens is 301 g/mol. The standard InChI is InChI=1S/C13H13BrFNO2/c1-2-8(6-14)7-16-11-5-9(15)3-4-10(11)12(17)13(16)18/h3-5,8H,2,6-7H2,1H3. The summed E-state index contributed by atoms with van der Waals surface area (Å²) in [5, 5.41) is 0.742. The summed E-state index contributed by atoms with van der Waals surface area (Å²) in [4.78, 5) is 25.0. The van der Waals surface area contributed by atoms with Crippen molar-refractivity contribution in [3.05, 3.63) is 29.6 Å². The number of ketones is 1. The van der Waals surface area contributed by atoms with E-state index in [2.05, 4.69) is 15.9 Å². The lowest BCUT2D eigenvalue weighted by Crippen LogP contribution is -2.34. The minimum absolute atomic E-state index is 0.246. The Morgan fingerprint density at radius 2 is 2.11 bits per heavy atom. The zero-order valence-corrected chi connectivity index (χ0v) is 11.5. The van der Waals surface area contributed by atoms with Crippen molar-refractivity contribution in [3.8, 4) is 0 Å². The number of benzene rings is 1. The van der Waals surface area contributed by atoms with Crippen molar-refractivity contribution >= 4 is 33.3 Å². The molecule has 1 aromatic carbocycles. The number of halogens is 2. The molecule has 0 saturated heterocycles. The van der Waals surface area contributed by atoms with Crippen LogP contribution in [0.4, 0.5) is 10.1 Å². The quantitative estimate of drug-likeness (QED) is 0.633. The van der Waals surface area contributed by atoms with Crippen molar-refractivity contribution in [2.75, 3.05) is 16.8 Å². The van der Waals surface area contributed by atoms with Crippen LogP contribution in [0.25, 0.3) is 0 Å². The molecule has 1 amide bonds. The largest absolute Gasteiger partial charge is 0.304 e. The Bertz CT molecular complexity index is 500. The molecule has 2 rings (SSSR count). The fourth-order valence-electron chi connectivity index (χ4n) is 1.99. The number of hydrogen-bond donors (Lipinski definition) is 0. The molecule has 0 aromatic heterocycles. The third-order valence-corrected chi connectivity index (χ3v) is 4.09. The van der Waals surface area contributed by atoms with Gasteiger partial charge in [-0.3, -0.25) is 9.59 Å². The van der Waals surface area contributed by atoms with Gasteiger partial charge < -0.3 is 4.90 Å². The van der Waals surface area contributed by atoms with Gasteiger partial charge in [-0.2, -0.15) is 0 Å². The molecule has 1 aromatic rings. The topological polar surface area (TPSA) is 37.4 Å². The van der Waals surface area contributed by atoms with Gasteiger partial charge in [0.1, 0.15) is 5.82 Å². The molecule has 0 saturated carbocycles. The Balaban J connectivity index is 2.35. The molecule has 0 radical (unpaired) electrons. The molecule has 1 aliphatic heterocycles. The van der Waals surface area contributed by atoms with E-state index in [9.17, 15) is 14.0 Å². The molecule has 96 valence electrons. The van der Waals surface area contributed by atoms with Gasteiger partial charge in [0.15, 0.2) is 0 Å². The molecule has 0 spiro atoms. The van der Waals surface area contributed by atoms with Gasteiger partial charge in [0.2, 0.25) is 0 Å². The van der Waals surface area contributed by atoms with Gasteiger partial charge in [-0.1, -0.05) is 29.3 Å². The van der Waals surface area contributed by atoms with Crippen molar-refractivity contribution in [2.24, 2.45) is 5.92 Å². The second kappa shape index (κ2) is 5.18. The summed E-state index contributed by atoms with van der Waals surface area (Å²) in [7, 11) is 0. The molecular formula is C13H13BrFNO2. The number of alkyl halides is 1. The number of Topliss-reactive ketones (excluding diaryl/α,β-unsaturated/α-hetero) is 1. The zero-order chi connectivity index (χ0) is 13.3. The van der Waals surface area contributed by atoms with Crippen LogP contribution in [0.1, 0.15) is 23.7 Å². The average Bonchev–Trinajstić information content (AvgIpc) is 2.60. The molecule has 1 aliphatic rings. The monoisotopic (exact) mass is 313 g/mol. The van der Waals surface area contributed by atoms with E-state index in [0.29, 0.717) is 17.8 Å². The summed E-state index contributed by atoms with van der Waals surface area (Å²) in [6, 6.07) is 3.83. The Labute approximate surface area is 113 Å². The highest BCUT2D eigenvalue weighted by Gasteiger charge is 2.36. The number of hydrogen-bond acceptors (Lipinski definition) is 2. The minimum Gasteiger partial charge on any atom is -0.304 e. The average molecular weight is 314 g/mol. The lowest BCUT2D eigenvalue weighted by atomic mass is 10.1. The minimum atomic E-state index is -0.560. The van der Waals surface area contributed by atoms with Gasteiger partial charge in [-0.05, 0) is 24.1 Å². The van der Waals surface area contributed by atoms with Gasteiger partial charge in [0, 0.05) is 11.9 Å². The van der Waals surface area contributed by atoms with Crippen LogP contribution < -0.4 is 4.90 Å². The molecule has 3 nitrogen and oxygen atoms in total. The van der Waals surface area contributed by atoms with Crippen LogP contribution in [0.3, 0.4) is 0 Å². The predicted molar refractivity (Wildman–Crippen MR) is 70.7 cm³/mol. The van der Waals surface area contributed by atoms with Crippen LogP contribution in [0.5, 0.6) is 0 Å². The first kappa shape index (κ1) is 13.2. The normalized spacial score (nSPS) is 16.1. The lowest BCUT2D eigenvalue weighted by molar-refractivity contribution is -0.114.